The molecule has 730 valence electrons. The number of aliphatic imine (C=N–C) groups is 1. The van der Waals surface area contributed by atoms with Gasteiger partial charge in [0.05, 0.1) is 28.1 Å². The molecular weight excluding hydrogens is 2100 g/mol. The zero-order chi connectivity index (χ0) is 99.1. The Labute approximate surface area is 843 Å². The number of piperazine rings is 4. The molecule has 43 heteroatoms. The van der Waals surface area contributed by atoms with Gasteiger partial charge in [-0.3, -0.25) is 24.2 Å². The maximum atomic E-state index is 13.0. The van der Waals surface area contributed by atoms with Crippen LogP contribution in [0, 0.1) is 46.3 Å². The number of aromatic amines is 1. The van der Waals surface area contributed by atoms with Crippen molar-refractivity contribution in [2.75, 3.05) is 155 Å². The summed E-state index contributed by atoms with van der Waals surface area (Å²) in [6, 6.07) is 47.8. The van der Waals surface area contributed by atoms with E-state index in [0.29, 0.717) is 109 Å². The van der Waals surface area contributed by atoms with Gasteiger partial charge in [0.25, 0.3) is 0 Å². The maximum absolute atomic E-state index is 13.0. The standard InChI is InChI=1S/C22H24ClN7O.C22H22ClN7O.C20H19ClN6O.C19H19ClIN5O.C12H13IO6.C2H8N2/c2*1-15-13-16(4-5-18(15)23)28-9-11-29(12-10-28)19(31)14-30-22-17(3-2-6-26-22)20(27-30)21-24-7-8-25-21;1-14-11-15(4-5-17(14)21)25-7-9-26(10-8-25)19(28)13-27-20-16(3-2-6-23-20)18(12-22)24-27;1-13-11-14(4-5-16(13)20)24-7-9-25(10-8-24)17(27)12-26-19-15(18(21)23-26)3-2-6-22-19;1-8(14)17-13(3,18-9(2)15)11-7-5-4-6-10(11)12(16)19-13;3-1-2-4/h2-6,13H,7-12,14H2,1H3,(H,24,25);2-8,13H,9-12,14H2,1H3,(H,24,25);2-6,11H,7-10,13H2,1H3;2-6,11H,7-10,12H2,1H3;4-7H,1-3H3;1-4H2. The quantitative estimate of drug-likeness (QED) is 0.0486. The summed E-state index contributed by atoms with van der Waals surface area (Å²) in [5.41, 5.74) is 23.3. The average molecular weight is 2200 g/mol. The Hall–Kier alpha value is -13.2. The minimum Gasteiger partial charge on any atom is -0.368 e. The number of amides is 4. The monoisotopic (exact) mass is 2200 g/mol. The summed E-state index contributed by atoms with van der Waals surface area (Å²) in [7, 11) is 0. The number of amidine groups is 1. The molecule has 14 aromatic rings. The third kappa shape index (κ3) is 23.6. The van der Waals surface area contributed by atoms with Gasteiger partial charge in [0.15, 0.2) is 34.1 Å². The van der Waals surface area contributed by atoms with Gasteiger partial charge in [-0.25, -0.2) is 43.6 Å². The molecule has 20 rings (SSSR count). The van der Waals surface area contributed by atoms with Crippen LogP contribution in [0.4, 0.5) is 22.7 Å². The van der Waals surface area contributed by atoms with Crippen LogP contribution in [-0.4, -0.2) is 272 Å². The van der Waals surface area contributed by atoms with E-state index >= 15 is 0 Å². The second kappa shape index (κ2) is 45.4. The molecule has 6 N–H and O–H groups in total. The number of hydrogen-bond acceptors (Lipinski definition) is 28. The Morgan fingerprint density at radius 2 is 0.814 bits per heavy atom. The predicted octanol–water partition coefficient (Wildman–Crippen LogP) is 12.2. The largest absolute Gasteiger partial charge is 0.368 e. The van der Waals surface area contributed by atoms with Crippen molar-refractivity contribution in [3.63, 3.8) is 0 Å². The molecular formula is C97H105Cl4I2N27O10. The number of nitrogens with two attached hydrogens (primary N) is 2. The van der Waals surface area contributed by atoms with E-state index in [0.717, 1.165) is 168 Å². The van der Waals surface area contributed by atoms with Crippen LogP contribution in [-0.2, 0) is 64.1 Å². The van der Waals surface area contributed by atoms with Crippen molar-refractivity contribution in [2.24, 2.45) is 16.5 Å². The summed E-state index contributed by atoms with van der Waals surface area (Å²) in [5, 5.41) is 37.0. The Morgan fingerprint density at radius 1 is 0.457 bits per heavy atom. The number of nitriles is 1. The van der Waals surface area contributed by atoms with Gasteiger partial charge in [0, 0.05) is 204 Å². The SMILES string of the molecule is CC(=O)OI1(C)(OC(C)=O)OC(=O)c2ccccc21.Cc1cc(N2CCN(C(=O)Cn3nc(-c4ncc[nH]4)c4cccnc43)CC2)ccc1Cl.Cc1cc(N2CCN(C(=O)Cn3nc(C#N)c4cccnc43)CC2)ccc1Cl.Cc1cc(N2CCN(C(=O)Cn3nc(C4=NCCN4)c4cccnc43)CC2)ccc1Cl.Cc1cc(N2CCN(C(=O)Cn3nc(I)c4cccnc43)CC2)ccc1Cl.NCCN. The van der Waals surface area contributed by atoms with Gasteiger partial charge in [-0.05, 0) is 194 Å². The minimum absolute atomic E-state index is 0.0218. The van der Waals surface area contributed by atoms with Gasteiger partial charge >= 0.3 is 112 Å². The molecule has 6 aliphatic heterocycles. The number of rotatable bonds is 17. The third-order valence-corrected chi connectivity index (χ3v) is 34.7. The first kappa shape index (κ1) is 101. The van der Waals surface area contributed by atoms with Gasteiger partial charge in [0.2, 0.25) is 23.6 Å². The van der Waals surface area contributed by atoms with E-state index in [4.69, 9.17) is 67.1 Å². The second-order valence-electron chi connectivity index (χ2n) is 33.5. The number of anilines is 4. The smallest absolute Gasteiger partial charge is 0.244 e. The fraction of sp³-hybridized carbons (Fsp3) is 0.320. The first-order chi connectivity index (χ1) is 67.4. The van der Waals surface area contributed by atoms with E-state index in [1.54, 1.807) is 87.6 Å². The van der Waals surface area contributed by atoms with E-state index in [2.05, 4.69) is 133 Å². The Balaban J connectivity index is 0.000000132. The number of nitrogens with one attached hydrogen (secondary N) is 2. The van der Waals surface area contributed by atoms with Crippen molar-refractivity contribution in [1.29, 1.82) is 5.26 Å². The van der Waals surface area contributed by atoms with E-state index in [9.17, 15) is 38.8 Å². The molecule has 0 unspecified atom stereocenters. The van der Waals surface area contributed by atoms with Crippen molar-refractivity contribution in [3.05, 3.63) is 249 Å². The number of carbonyl (C=O) groups excluding carboxylic acids is 7. The van der Waals surface area contributed by atoms with Crippen molar-refractivity contribution < 1.29 is 42.8 Å². The predicted molar refractivity (Wildman–Crippen MR) is 557 cm³/mol. The van der Waals surface area contributed by atoms with E-state index < -0.39 is 36.2 Å². The maximum Gasteiger partial charge on any atom is 0.244 e. The molecule has 5 aromatic carbocycles. The molecule has 0 aliphatic carbocycles. The van der Waals surface area contributed by atoms with E-state index in [-0.39, 0.29) is 55.4 Å². The molecule has 9 aromatic heterocycles. The summed E-state index contributed by atoms with van der Waals surface area (Å²) in [4.78, 5) is 134. The van der Waals surface area contributed by atoms with Gasteiger partial charge in [0.1, 0.15) is 53.2 Å². The average Bonchev–Trinajstić information content (AvgIpc) is 1.55. The van der Waals surface area contributed by atoms with Crippen molar-refractivity contribution >= 4 is 202 Å². The zero-order valence-corrected chi connectivity index (χ0v) is 85.4. The Kier molecular flexibility index (Phi) is 32.8. The van der Waals surface area contributed by atoms with Crippen LogP contribution in [0.15, 0.2) is 188 Å². The summed E-state index contributed by atoms with van der Waals surface area (Å²) < 4.78 is 23.6. The molecule has 4 fully saturated rings. The summed E-state index contributed by atoms with van der Waals surface area (Å²) >= 11 is 21.7. The molecule has 37 nitrogen and oxygen atoms in total. The normalized spacial score (nSPS) is 15.5. The Morgan fingerprint density at radius 3 is 1.18 bits per heavy atom. The number of hydrogen-bond donors (Lipinski definition) is 4. The van der Waals surface area contributed by atoms with Crippen molar-refractivity contribution in [3.8, 4) is 17.6 Å². The van der Waals surface area contributed by atoms with Crippen LogP contribution in [0.1, 0.15) is 57.8 Å². The molecule has 0 spiro atoms. The van der Waals surface area contributed by atoms with E-state index in [1.807, 2.05) is 132 Å². The van der Waals surface area contributed by atoms with Crippen LogP contribution in [0.2, 0.25) is 20.1 Å². The summed E-state index contributed by atoms with van der Waals surface area (Å²) in [5.74, 6) is -0.394. The zero-order valence-electron chi connectivity index (χ0n) is 78.1. The number of nitrogens with zero attached hydrogens (tertiary/aromatic N) is 23. The molecule has 140 heavy (non-hydrogen) atoms. The fourth-order valence-corrected chi connectivity index (χ4v) is 25.6. The number of pyridine rings is 4. The van der Waals surface area contributed by atoms with E-state index in [1.165, 1.54) is 23.5 Å². The second-order valence-corrected chi connectivity index (χ2v) is 44.8. The number of alkyl halides is 1. The first-order valence-electron chi connectivity index (χ1n) is 45.2. The first-order valence-corrected chi connectivity index (χ1v) is 53.7. The molecule has 15 heterocycles. The van der Waals surface area contributed by atoms with Gasteiger partial charge in [-0.2, -0.15) is 25.7 Å². The number of aryl methyl sites for hydroxylation is 4. The number of imidazole rings is 1. The van der Waals surface area contributed by atoms with Crippen LogP contribution >= 0.6 is 87.3 Å². The van der Waals surface area contributed by atoms with Crippen molar-refractivity contribution in [2.45, 2.75) is 67.7 Å². The molecule has 0 radical (unpaired) electrons. The summed E-state index contributed by atoms with van der Waals surface area (Å²) in [6.45, 7) is 25.3. The van der Waals surface area contributed by atoms with Crippen LogP contribution < -0.4 is 36.4 Å². The van der Waals surface area contributed by atoms with Gasteiger partial charge in [-0.15, -0.1) is 0 Å². The van der Waals surface area contributed by atoms with Gasteiger partial charge < -0.3 is 61.0 Å². The molecule has 0 saturated carbocycles. The number of fused-ring (bicyclic) bond motifs is 5. The van der Waals surface area contributed by atoms with Crippen LogP contribution in [0.25, 0.3) is 55.7 Å². The number of aromatic nitrogens is 14. The fourth-order valence-electron chi connectivity index (χ4n) is 16.8. The number of halogens is 6. The number of benzene rings is 5. The Bertz CT molecular complexity index is 6970. The van der Waals surface area contributed by atoms with Crippen LogP contribution in [0.5, 0.6) is 0 Å². The van der Waals surface area contributed by atoms with Crippen molar-refractivity contribution in [1.82, 2.24) is 93.9 Å². The van der Waals surface area contributed by atoms with Crippen LogP contribution in [0.3, 0.4) is 0 Å². The van der Waals surface area contributed by atoms with Gasteiger partial charge in [-0.1, -0.05) is 46.4 Å². The molecule has 6 aliphatic rings. The molecule has 4 amide bonds. The molecule has 0 bridgehead atoms. The number of carbonyl (C=O) groups is 7. The minimum atomic E-state index is -5.01. The third-order valence-electron chi connectivity index (χ3n) is 23.9. The summed E-state index contributed by atoms with van der Waals surface area (Å²) in [6.07, 6.45) is 10.2. The molecule has 4 saturated heterocycles. The topological polar surface area (TPSA) is 425 Å². The number of H-pyrrole nitrogens is 1. The molecule has 0 atom stereocenters.